The Balaban J connectivity index is 1.36. The molecule has 0 spiro atoms. The van der Waals surface area contributed by atoms with Crippen molar-refractivity contribution in [3.05, 3.63) is 146 Å². The number of fused-ring (bicyclic) bond motifs is 4. The molecule has 0 aromatic heterocycles. The zero-order valence-corrected chi connectivity index (χ0v) is 28.1. The molecular formula is C46H38O4. The first kappa shape index (κ1) is 31.6. The standard InChI is InChI=1S/C46H38O4/c1-29(47)27-49-43-23-19-35-25-33(39-15-7-11-31-9-3-5-13-37(31)39)17-21-41(35)45(43)46-42-22-18-34(26-36(42)20-24-44(46)50-28-30(2)48)40-16-8-12-32-10-4-6-14-38(32)40/h3-26,29-30,47-48H,27-28H2,1-2H3. The summed E-state index contributed by atoms with van der Waals surface area (Å²) in [5, 5.41) is 29.4. The molecule has 0 bridgehead atoms. The quantitative estimate of drug-likeness (QED) is 0.163. The molecule has 2 atom stereocenters. The van der Waals surface area contributed by atoms with Gasteiger partial charge in [-0.05, 0) is 103 Å². The van der Waals surface area contributed by atoms with Crippen LogP contribution in [-0.4, -0.2) is 35.6 Å². The van der Waals surface area contributed by atoms with Crippen LogP contribution in [-0.2, 0) is 0 Å². The van der Waals surface area contributed by atoms with Gasteiger partial charge >= 0.3 is 0 Å². The van der Waals surface area contributed by atoms with Crippen molar-refractivity contribution in [1.82, 2.24) is 0 Å². The first-order valence-corrected chi connectivity index (χ1v) is 17.2. The molecule has 4 heteroatoms. The maximum Gasteiger partial charge on any atom is 0.128 e. The van der Waals surface area contributed by atoms with E-state index < -0.39 is 12.2 Å². The molecule has 0 aliphatic heterocycles. The Bertz CT molecular complexity index is 2330. The Morgan fingerprint density at radius 2 is 0.840 bits per heavy atom. The minimum absolute atomic E-state index is 0.145. The maximum atomic E-state index is 10.2. The predicted octanol–water partition coefficient (Wildman–Crippen LogP) is 10.8. The summed E-state index contributed by atoms with van der Waals surface area (Å²) < 4.78 is 12.7. The lowest BCUT2D eigenvalue weighted by molar-refractivity contribution is 0.122. The van der Waals surface area contributed by atoms with Gasteiger partial charge in [0.15, 0.2) is 0 Å². The van der Waals surface area contributed by atoms with Crippen molar-refractivity contribution >= 4 is 43.1 Å². The normalized spacial score (nSPS) is 12.8. The second-order valence-electron chi connectivity index (χ2n) is 13.1. The van der Waals surface area contributed by atoms with Gasteiger partial charge in [0, 0.05) is 11.1 Å². The van der Waals surface area contributed by atoms with Gasteiger partial charge in [-0.15, -0.1) is 0 Å². The lowest BCUT2D eigenvalue weighted by atomic mass is 9.89. The van der Waals surface area contributed by atoms with Crippen molar-refractivity contribution in [3.63, 3.8) is 0 Å². The van der Waals surface area contributed by atoms with Crippen molar-refractivity contribution in [2.45, 2.75) is 26.1 Å². The average molecular weight is 655 g/mol. The minimum atomic E-state index is -0.644. The molecule has 0 aliphatic rings. The Hall–Kier alpha value is -5.68. The molecule has 0 saturated heterocycles. The Morgan fingerprint density at radius 3 is 1.28 bits per heavy atom. The fourth-order valence-electron chi connectivity index (χ4n) is 7.09. The van der Waals surface area contributed by atoms with E-state index in [0.29, 0.717) is 11.5 Å². The molecule has 8 aromatic rings. The number of ether oxygens (including phenoxy) is 2. The van der Waals surface area contributed by atoms with Gasteiger partial charge in [-0.25, -0.2) is 0 Å². The van der Waals surface area contributed by atoms with Crippen LogP contribution in [0.4, 0.5) is 0 Å². The molecule has 246 valence electrons. The van der Waals surface area contributed by atoms with Gasteiger partial charge in [0.1, 0.15) is 24.7 Å². The highest BCUT2D eigenvalue weighted by atomic mass is 16.5. The lowest BCUT2D eigenvalue weighted by Crippen LogP contribution is -2.14. The molecule has 0 heterocycles. The largest absolute Gasteiger partial charge is 0.490 e. The zero-order valence-electron chi connectivity index (χ0n) is 28.1. The number of hydrogen-bond donors (Lipinski definition) is 2. The van der Waals surface area contributed by atoms with E-state index >= 15 is 0 Å². The van der Waals surface area contributed by atoms with Gasteiger partial charge < -0.3 is 19.7 Å². The zero-order chi connectivity index (χ0) is 34.2. The molecule has 8 rings (SSSR count). The molecule has 4 nitrogen and oxygen atoms in total. The molecule has 2 N–H and O–H groups in total. The van der Waals surface area contributed by atoms with Crippen molar-refractivity contribution in [3.8, 4) is 44.9 Å². The van der Waals surface area contributed by atoms with E-state index in [0.717, 1.165) is 43.8 Å². The summed E-state index contributed by atoms with van der Waals surface area (Å²) in [5.41, 5.74) is 6.37. The highest BCUT2D eigenvalue weighted by Gasteiger charge is 2.21. The van der Waals surface area contributed by atoms with E-state index in [2.05, 4.69) is 133 Å². The topological polar surface area (TPSA) is 58.9 Å². The monoisotopic (exact) mass is 654 g/mol. The molecular weight excluding hydrogens is 617 g/mol. The molecule has 0 aliphatic carbocycles. The smallest absolute Gasteiger partial charge is 0.128 e. The molecule has 0 radical (unpaired) electrons. The minimum Gasteiger partial charge on any atom is -0.490 e. The van der Waals surface area contributed by atoms with Crippen molar-refractivity contribution in [1.29, 1.82) is 0 Å². The first-order chi connectivity index (χ1) is 24.4. The van der Waals surface area contributed by atoms with Crippen molar-refractivity contribution in [2.24, 2.45) is 0 Å². The van der Waals surface area contributed by atoms with Crippen LogP contribution in [0.1, 0.15) is 13.8 Å². The number of aliphatic hydroxyl groups excluding tert-OH is 2. The highest BCUT2D eigenvalue weighted by molar-refractivity contribution is 6.12. The molecule has 0 fully saturated rings. The van der Waals surface area contributed by atoms with Gasteiger partial charge in [0.05, 0.1) is 12.2 Å². The lowest BCUT2D eigenvalue weighted by Gasteiger charge is -2.21. The number of hydrogen-bond acceptors (Lipinski definition) is 4. The molecule has 0 amide bonds. The van der Waals surface area contributed by atoms with E-state index in [1.54, 1.807) is 13.8 Å². The summed E-state index contributed by atoms with van der Waals surface area (Å²) in [6.07, 6.45) is -1.29. The Labute approximate surface area is 291 Å². The maximum absolute atomic E-state index is 10.2. The molecule has 2 unspecified atom stereocenters. The van der Waals surface area contributed by atoms with Crippen LogP contribution in [0.5, 0.6) is 11.5 Å². The van der Waals surface area contributed by atoms with Crippen LogP contribution in [0.2, 0.25) is 0 Å². The molecule has 50 heavy (non-hydrogen) atoms. The van der Waals surface area contributed by atoms with Gasteiger partial charge in [0.25, 0.3) is 0 Å². The third kappa shape index (κ3) is 5.94. The van der Waals surface area contributed by atoms with Crippen LogP contribution < -0.4 is 9.47 Å². The van der Waals surface area contributed by atoms with Crippen LogP contribution in [0, 0.1) is 0 Å². The third-order valence-corrected chi connectivity index (χ3v) is 9.37. The second-order valence-corrected chi connectivity index (χ2v) is 13.1. The van der Waals surface area contributed by atoms with Crippen LogP contribution in [0.3, 0.4) is 0 Å². The van der Waals surface area contributed by atoms with Crippen LogP contribution in [0.15, 0.2) is 146 Å². The number of rotatable bonds is 9. The van der Waals surface area contributed by atoms with Gasteiger partial charge in [0.2, 0.25) is 0 Å². The van der Waals surface area contributed by atoms with Crippen LogP contribution >= 0.6 is 0 Å². The fourth-order valence-corrected chi connectivity index (χ4v) is 7.09. The fraction of sp³-hybridized carbons (Fsp3) is 0.130. The van der Waals surface area contributed by atoms with E-state index in [9.17, 15) is 10.2 Å². The van der Waals surface area contributed by atoms with E-state index in [-0.39, 0.29) is 13.2 Å². The first-order valence-electron chi connectivity index (χ1n) is 17.2. The van der Waals surface area contributed by atoms with E-state index in [1.165, 1.54) is 32.7 Å². The van der Waals surface area contributed by atoms with Gasteiger partial charge in [-0.1, -0.05) is 121 Å². The Kier molecular flexibility index (Phi) is 8.41. The highest BCUT2D eigenvalue weighted by Crippen LogP contribution is 2.47. The van der Waals surface area contributed by atoms with Crippen LogP contribution in [0.25, 0.3) is 76.5 Å². The van der Waals surface area contributed by atoms with E-state index in [1.807, 2.05) is 12.1 Å². The second kappa shape index (κ2) is 13.3. The van der Waals surface area contributed by atoms with Gasteiger partial charge in [-0.2, -0.15) is 0 Å². The summed E-state index contributed by atoms with van der Waals surface area (Å²) in [4.78, 5) is 0. The SMILES string of the molecule is CC(O)COc1ccc2cc(-c3cccc4ccccc34)ccc2c1-c1c(OCC(C)O)ccc2cc(-c3cccc4ccccc34)ccc12. The van der Waals surface area contributed by atoms with E-state index in [4.69, 9.17) is 9.47 Å². The van der Waals surface area contributed by atoms with Crippen molar-refractivity contribution in [2.75, 3.05) is 13.2 Å². The third-order valence-electron chi connectivity index (χ3n) is 9.37. The van der Waals surface area contributed by atoms with Crippen molar-refractivity contribution < 1.29 is 19.7 Å². The molecule has 8 aromatic carbocycles. The summed E-state index contributed by atoms with van der Waals surface area (Å²) in [7, 11) is 0. The molecule has 0 saturated carbocycles. The summed E-state index contributed by atoms with van der Waals surface area (Å²) >= 11 is 0. The average Bonchev–Trinajstić information content (AvgIpc) is 3.15. The summed E-state index contributed by atoms with van der Waals surface area (Å²) in [6.45, 7) is 3.74. The van der Waals surface area contributed by atoms with Gasteiger partial charge in [-0.3, -0.25) is 0 Å². The summed E-state index contributed by atoms with van der Waals surface area (Å²) in [5.74, 6) is 1.31. The Morgan fingerprint density at radius 1 is 0.420 bits per heavy atom. The number of benzene rings is 8. The predicted molar refractivity (Wildman–Crippen MR) is 207 cm³/mol. The summed E-state index contributed by atoms with van der Waals surface area (Å²) in [6, 6.07) is 51.1. The number of aliphatic hydroxyl groups is 2.